The molecule has 0 heterocycles. The number of hydrogen-bond donors (Lipinski definition) is 0. The predicted octanol–water partition coefficient (Wildman–Crippen LogP) is 5.23. The molecule has 21 heavy (non-hydrogen) atoms. The van der Waals surface area contributed by atoms with Crippen LogP contribution < -0.4 is 0 Å². The van der Waals surface area contributed by atoms with Crippen molar-refractivity contribution in [1.82, 2.24) is 0 Å². The van der Waals surface area contributed by atoms with E-state index in [0.717, 1.165) is 18.4 Å². The van der Waals surface area contributed by atoms with E-state index in [1.54, 1.807) is 6.92 Å². The predicted molar refractivity (Wildman–Crippen MR) is 70.2 cm³/mol. The normalized spacial score (nSPS) is 16.5. The van der Waals surface area contributed by atoms with Crippen molar-refractivity contribution in [3.05, 3.63) is 57.9 Å². The van der Waals surface area contributed by atoms with Crippen molar-refractivity contribution in [2.45, 2.75) is 33.1 Å². The Morgan fingerprint density at radius 2 is 1.38 bits per heavy atom. The van der Waals surface area contributed by atoms with Gasteiger partial charge in [-0.25, -0.2) is 22.0 Å². The third kappa shape index (κ3) is 3.01. The molecule has 1 aliphatic carbocycles. The first kappa shape index (κ1) is 15.7. The average molecular weight is 302 g/mol. The van der Waals surface area contributed by atoms with Crippen LogP contribution in [-0.4, -0.2) is 0 Å². The monoisotopic (exact) mass is 302 g/mol. The van der Waals surface area contributed by atoms with E-state index in [2.05, 4.69) is 0 Å². The number of halogens is 5. The lowest BCUT2D eigenvalue weighted by Crippen LogP contribution is -2.13. The van der Waals surface area contributed by atoms with E-state index >= 15 is 0 Å². The van der Waals surface area contributed by atoms with E-state index in [9.17, 15) is 22.0 Å². The third-order valence-electron chi connectivity index (χ3n) is 3.83. The molecule has 1 unspecified atom stereocenters. The summed E-state index contributed by atoms with van der Waals surface area (Å²) >= 11 is 0. The molecule has 0 fully saturated rings. The fourth-order valence-electron chi connectivity index (χ4n) is 2.43. The molecule has 0 saturated carbocycles. The first-order chi connectivity index (χ1) is 9.82. The lowest BCUT2D eigenvalue weighted by Gasteiger charge is -2.20. The van der Waals surface area contributed by atoms with Crippen LogP contribution in [0.3, 0.4) is 0 Å². The van der Waals surface area contributed by atoms with Gasteiger partial charge in [-0.05, 0) is 32.1 Å². The van der Waals surface area contributed by atoms with Gasteiger partial charge in [-0.1, -0.05) is 30.2 Å². The summed E-state index contributed by atoms with van der Waals surface area (Å²) in [6, 6.07) is 0. The minimum Gasteiger partial charge on any atom is -0.203 e. The van der Waals surface area contributed by atoms with Crippen LogP contribution in [0.15, 0.2) is 23.3 Å². The van der Waals surface area contributed by atoms with Crippen molar-refractivity contribution in [2.75, 3.05) is 0 Å². The fraction of sp³-hybridized carbons (Fsp3) is 0.375. The Labute approximate surface area is 120 Å². The quantitative estimate of drug-likeness (QED) is 0.407. The molecule has 0 radical (unpaired) electrons. The Hall–Kier alpha value is -1.65. The zero-order valence-electron chi connectivity index (χ0n) is 11.7. The van der Waals surface area contributed by atoms with E-state index in [-0.39, 0.29) is 12.3 Å². The summed E-state index contributed by atoms with van der Waals surface area (Å²) < 4.78 is 66.6. The van der Waals surface area contributed by atoms with E-state index in [0.29, 0.717) is 0 Å². The van der Waals surface area contributed by atoms with Gasteiger partial charge in [0.05, 0.1) is 0 Å². The smallest absolute Gasteiger partial charge is 0.200 e. The second-order valence-electron chi connectivity index (χ2n) is 5.41. The van der Waals surface area contributed by atoms with Gasteiger partial charge >= 0.3 is 0 Å². The maximum Gasteiger partial charge on any atom is 0.200 e. The van der Waals surface area contributed by atoms with Gasteiger partial charge in [0.1, 0.15) is 0 Å². The van der Waals surface area contributed by atoms with Crippen LogP contribution in [0.5, 0.6) is 0 Å². The van der Waals surface area contributed by atoms with Crippen molar-refractivity contribution in [3.63, 3.8) is 0 Å². The number of allylic oxidation sites excluding steroid dienone is 4. The largest absolute Gasteiger partial charge is 0.203 e. The molecule has 1 aliphatic rings. The third-order valence-corrected chi connectivity index (χ3v) is 3.83. The summed E-state index contributed by atoms with van der Waals surface area (Å²) in [5.41, 5.74) is 1.40. The molecule has 1 aromatic carbocycles. The molecular formula is C16H15F5. The molecule has 114 valence electrons. The molecule has 2 rings (SSSR count). The SMILES string of the molecule is CC1=CC=C(C(C)Cc2c(F)c(F)c(F)c(F)c2F)CC1. The van der Waals surface area contributed by atoms with Gasteiger partial charge in [-0.3, -0.25) is 0 Å². The summed E-state index contributed by atoms with van der Waals surface area (Å²) in [6.45, 7) is 3.69. The van der Waals surface area contributed by atoms with Gasteiger partial charge < -0.3 is 0 Å². The molecule has 0 nitrogen and oxygen atoms in total. The molecule has 0 aromatic heterocycles. The Morgan fingerprint density at radius 1 is 0.857 bits per heavy atom. The lowest BCUT2D eigenvalue weighted by atomic mass is 9.86. The van der Waals surface area contributed by atoms with Gasteiger partial charge in [0.2, 0.25) is 5.82 Å². The van der Waals surface area contributed by atoms with E-state index in [1.807, 2.05) is 19.1 Å². The van der Waals surface area contributed by atoms with Crippen molar-refractivity contribution < 1.29 is 22.0 Å². The minimum absolute atomic E-state index is 0.218. The zero-order chi connectivity index (χ0) is 15.7. The van der Waals surface area contributed by atoms with Gasteiger partial charge in [-0.2, -0.15) is 0 Å². The molecule has 0 bridgehead atoms. The summed E-state index contributed by atoms with van der Waals surface area (Å²) in [7, 11) is 0. The van der Waals surface area contributed by atoms with Crippen molar-refractivity contribution in [2.24, 2.45) is 5.92 Å². The van der Waals surface area contributed by atoms with Crippen LogP contribution in [0.1, 0.15) is 32.3 Å². The van der Waals surface area contributed by atoms with E-state index in [1.165, 1.54) is 5.57 Å². The van der Waals surface area contributed by atoms with Crippen molar-refractivity contribution >= 4 is 0 Å². The van der Waals surface area contributed by atoms with Gasteiger partial charge in [0.25, 0.3) is 0 Å². The highest BCUT2D eigenvalue weighted by atomic mass is 19.2. The summed E-state index contributed by atoms with van der Waals surface area (Å²) in [6.07, 6.45) is 5.13. The van der Waals surface area contributed by atoms with E-state index < -0.39 is 34.6 Å². The lowest BCUT2D eigenvalue weighted by molar-refractivity contribution is 0.366. The van der Waals surface area contributed by atoms with Crippen LogP contribution in [-0.2, 0) is 6.42 Å². The summed E-state index contributed by atoms with van der Waals surface area (Å²) in [5, 5.41) is 0. The van der Waals surface area contributed by atoms with Crippen LogP contribution in [0, 0.1) is 35.0 Å². The van der Waals surface area contributed by atoms with Crippen LogP contribution >= 0.6 is 0 Å². The molecule has 0 aliphatic heterocycles. The van der Waals surface area contributed by atoms with Crippen molar-refractivity contribution in [3.8, 4) is 0 Å². The molecule has 0 N–H and O–H groups in total. The Morgan fingerprint density at radius 3 is 1.86 bits per heavy atom. The Bertz CT molecular complexity index is 599. The Kier molecular flexibility index (Phi) is 4.49. The summed E-state index contributed by atoms with van der Waals surface area (Å²) in [5.74, 6) is -9.64. The number of benzene rings is 1. The molecular weight excluding hydrogens is 287 g/mol. The average Bonchev–Trinajstić information content (AvgIpc) is 2.48. The van der Waals surface area contributed by atoms with Gasteiger partial charge in [0, 0.05) is 5.56 Å². The molecule has 0 saturated heterocycles. The Balaban J connectivity index is 2.32. The first-order valence-electron chi connectivity index (χ1n) is 6.69. The number of rotatable bonds is 3. The van der Waals surface area contributed by atoms with Gasteiger partial charge in [0.15, 0.2) is 23.3 Å². The van der Waals surface area contributed by atoms with Crippen LogP contribution in [0.4, 0.5) is 22.0 Å². The highest BCUT2D eigenvalue weighted by Crippen LogP contribution is 2.30. The molecule has 0 amide bonds. The standard InChI is InChI=1S/C16H15F5/c1-8-3-5-10(6-4-8)9(2)7-11-12(17)14(19)16(21)15(20)13(11)18/h3,5,9H,4,6-7H2,1-2H3. The van der Waals surface area contributed by atoms with Crippen LogP contribution in [0.25, 0.3) is 0 Å². The van der Waals surface area contributed by atoms with E-state index in [4.69, 9.17) is 0 Å². The molecule has 0 spiro atoms. The van der Waals surface area contributed by atoms with Gasteiger partial charge in [-0.15, -0.1) is 0 Å². The second kappa shape index (κ2) is 6.00. The highest BCUT2D eigenvalue weighted by Gasteiger charge is 2.27. The highest BCUT2D eigenvalue weighted by molar-refractivity contribution is 5.29. The molecule has 5 heteroatoms. The topological polar surface area (TPSA) is 0 Å². The maximum absolute atomic E-state index is 13.6. The molecule has 1 aromatic rings. The number of hydrogen-bond acceptors (Lipinski definition) is 0. The minimum atomic E-state index is -2.11. The summed E-state index contributed by atoms with van der Waals surface area (Å²) in [4.78, 5) is 0. The maximum atomic E-state index is 13.6. The fourth-order valence-corrected chi connectivity index (χ4v) is 2.43. The molecule has 1 atom stereocenters. The second-order valence-corrected chi connectivity index (χ2v) is 5.41. The van der Waals surface area contributed by atoms with Crippen LogP contribution in [0.2, 0.25) is 0 Å². The first-order valence-corrected chi connectivity index (χ1v) is 6.69. The van der Waals surface area contributed by atoms with Crippen molar-refractivity contribution in [1.29, 1.82) is 0 Å². The zero-order valence-corrected chi connectivity index (χ0v) is 11.7.